The quantitative estimate of drug-likeness (QED) is 0.519. The first-order valence-electron chi connectivity index (χ1n) is 9.98. The maximum atomic E-state index is 12.9. The van der Waals surface area contributed by atoms with E-state index >= 15 is 0 Å². The molecule has 1 aliphatic heterocycles. The lowest BCUT2D eigenvalue weighted by atomic mass is 10.2. The zero-order valence-corrected chi connectivity index (χ0v) is 17.5. The molecule has 1 fully saturated rings. The van der Waals surface area contributed by atoms with Gasteiger partial charge in [-0.3, -0.25) is 10.1 Å². The first-order valence-corrected chi connectivity index (χ1v) is 10.8. The number of carbonyl (C=O) groups is 2. The van der Waals surface area contributed by atoms with Crippen LogP contribution in [0.15, 0.2) is 54.7 Å². The fourth-order valence-corrected chi connectivity index (χ4v) is 4.14. The SMILES string of the molecule is O=C(Cc1cnc(NC(=O)Nc2ccc(F)cc2)s1)Nc1ccc(N2CCCC2)cc1. The molecule has 0 unspecified atom stereocenters. The molecule has 3 N–H and O–H groups in total. The van der Waals surface area contributed by atoms with Gasteiger partial charge in [0.05, 0.1) is 6.42 Å². The van der Waals surface area contributed by atoms with Gasteiger partial charge in [-0.05, 0) is 61.4 Å². The third-order valence-corrected chi connectivity index (χ3v) is 5.75. The number of nitrogens with zero attached hydrogens (tertiary/aromatic N) is 2. The predicted octanol–water partition coefficient (Wildman–Crippen LogP) is 4.71. The Morgan fingerprint density at radius 2 is 1.58 bits per heavy atom. The van der Waals surface area contributed by atoms with Crippen molar-refractivity contribution in [3.05, 3.63) is 65.4 Å². The van der Waals surface area contributed by atoms with E-state index in [4.69, 9.17) is 0 Å². The number of urea groups is 1. The molecule has 0 atom stereocenters. The highest BCUT2D eigenvalue weighted by Gasteiger charge is 2.13. The van der Waals surface area contributed by atoms with Gasteiger partial charge in [-0.1, -0.05) is 0 Å². The van der Waals surface area contributed by atoms with Gasteiger partial charge in [0.2, 0.25) is 5.91 Å². The summed E-state index contributed by atoms with van der Waals surface area (Å²) in [7, 11) is 0. The fraction of sp³-hybridized carbons (Fsp3) is 0.227. The molecule has 3 amide bonds. The maximum Gasteiger partial charge on any atom is 0.325 e. The van der Waals surface area contributed by atoms with Crippen LogP contribution in [0, 0.1) is 5.82 Å². The van der Waals surface area contributed by atoms with Gasteiger partial charge < -0.3 is 15.5 Å². The number of hydrogen-bond acceptors (Lipinski definition) is 5. The van der Waals surface area contributed by atoms with Crippen molar-refractivity contribution < 1.29 is 14.0 Å². The molecule has 31 heavy (non-hydrogen) atoms. The van der Waals surface area contributed by atoms with Gasteiger partial charge >= 0.3 is 6.03 Å². The summed E-state index contributed by atoms with van der Waals surface area (Å²) in [6, 6.07) is 12.8. The van der Waals surface area contributed by atoms with Crippen molar-refractivity contribution >= 4 is 45.5 Å². The Hall–Kier alpha value is -3.46. The average molecular weight is 440 g/mol. The normalized spacial score (nSPS) is 13.1. The smallest absolute Gasteiger partial charge is 0.325 e. The molecule has 2 aromatic carbocycles. The second-order valence-corrected chi connectivity index (χ2v) is 8.30. The summed E-state index contributed by atoms with van der Waals surface area (Å²) in [5, 5.41) is 8.46. The molecule has 0 spiro atoms. The summed E-state index contributed by atoms with van der Waals surface area (Å²) in [6.45, 7) is 2.16. The molecule has 2 heterocycles. The van der Waals surface area contributed by atoms with Crippen LogP contribution >= 0.6 is 11.3 Å². The zero-order chi connectivity index (χ0) is 21.6. The molecule has 3 aromatic rings. The molecule has 0 radical (unpaired) electrons. The molecule has 0 aliphatic carbocycles. The van der Waals surface area contributed by atoms with Gasteiger partial charge in [-0.15, -0.1) is 11.3 Å². The number of carbonyl (C=O) groups excluding carboxylic acids is 2. The van der Waals surface area contributed by atoms with E-state index in [1.807, 2.05) is 24.3 Å². The van der Waals surface area contributed by atoms with Crippen LogP contribution in [0.4, 0.5) is 31.4 Å². The van der Waals surface area contributed by atoms with Crippen molar-refractivity contribution in [1.82, 2.24) is 4.98 Å². The van der Waals surface area contributed by atoms with Crippen LogP contribution in [-0.4, -0.2) is 30.0 Å². The summed E-state index contributed by atoms with van der Waals surface area (Å²) in [5.74, 6) is -0.531. The molecule has 7 nitrogen and oxygen atoms in total. The van der Waals surface area contributed by atoms with E-state index in [0.717, 1.165) is 23.7 Å². The van der Waals surface area contributed by atoms with E-state index in [0.29, 0.717) is 10.8 Å². The van der Waals surface area contributed by atoms with Crippen LogP contribution in [0.25, 0.3) is 0 Å². The van der Waals surface area contributed by atoms with Gasteiger partial charge in [-0.2, -0.15) is 0 Å². The Kier molecular flexibility index (Phi) is 6.42. The Bertz CT molecular complexity index is 1050. The average Bonchev–Trinajstić information content (AvgIpc) is 3.43. The number of amides is 3. The highest BCUT2D eigenvalue weighted by atomic mass is 32.1. The van der Waals surface area contributed by atoms with Crippen LogP contribution in [0.3, 0.4) is 0 Å². The topological polar surface area (TPSA) is 86.4 Å². The number of aromatic nitrogens is 1. The van der Waals surface area contributed by atoms with E-state index < -0.39 is 6.03 Å². The molecular formula is C22H22FN5O2S. The number of hydrogen-bond donors (Lipinski definition) is 3. The minimum atomic E-state index is -0.491. The minimum absolute atomic E-state index is 0.153. The molecule has 1 aromatic heterocycles. The number of anilines is 4. The molecule has 160 valence electrons. The van der Waals surface area contributed by atoms with Gasteiger partial charge in [0.15, 0.2) is 5.13 Å². The van der Waals surface area contributed by atoms with Crippen LogP contribution in [0.1, 0.15) is 17.7 Å². The summed E-state index contributed by atoms with van der Waals surface area (Å²) >= 11 is 1.22. The van der Waals surface area contributed by atoms with Crippen LogP contribution in [-0.2, 0) is 11.2 Å². The molecule has 0 bridgehead atoms. The minimum Gasteiger partial charge on any atom is -0.372 e. The second-order valence-electron chi connectivity index (χ2n) is 7.18. The highest BCUT2D eigenvalue weighted by Crippen LogP contribution is 2.23. The molecule has 1 saturated heterocycles. The first-order chi connectivity index (χ1) is 15.0. The van der Waals surface area contributed by atoms with Crippen LogP contribution in [0.5, 0.6) is 0 Å². The highest BCUT2D eigenvalue weighted by molar-refractivity contribution is 7.15. The lowest BCUT2D eigenvalue weighted by molar-refractivity contribution is -0.115. The zero-order valence-electron chi connectivity index (χ0n) is 16.7. The third-order valence-electron chi connectivity index (χ3n) is 4.83. The van der Waals surface area contributed by atoms with Gasteiger partial charge in [0, 0.05) is 41.2 Å². The Morgan fingerprint density at radius 1 is 0.935 bits per heavy atom. The molecule has 4 rings (SSSR count). The summed E-state index contributed by atoms with van der Waals surface area (Å²) in [5.41, 5.74) is 2.38. The van der Waals surface area contributed by atoms with Gasteiger partial charge in [0.1, 0.15) is 5.82 Å². The van der Waals surface area contributed by atoms with Crippen molar-refractivity contribution in [2.45, 2.75) is 19.3 Å². The van der Waals surface area contributed by atoms with E-state index in [-0.39, 0.29) is 18.1 Å². The maximum absolute atomic E-state index is 12.9. The predicted molar refractivity (Wildman–Crippen MR) is 121 cm³/mol. The van der Waals surface area contributed by atoms with Crippen molar-refractivity contribution in [2.75, 3.05) is 33.9 Å². The second kappa shape index (κ2) is 9.57. The van der Waals surface area contributed by atoms with Crippen LogP contribution < -0.4 is 20.9 Å². The Morgan fingerprint density at radius 3 is 2.29 bits per heavy atom. The van der Waals surface area contributed by atoms with E-state index in [2.05, 4.69) is 25.8 Å². The number of halogens is 1. The van der Waals surface area contributed by atoms with Crippen LogP contribution in [0.2, 0.25) is 0 Å². The van der Waals surface area contributed by atoms with Crippen molar-refractivity contribution in [1.29, 1.82) is 0 Å². The number of benzene rings is 2. The summed E-state index contributed by atoms with van der Waals surface area (Å²) in [6.07, 6.45) is 4.16. The van der Waals surface area contributed by atoms with Crippen molar-refractivity contribution in [3.8, 4) is 0 Å². The van der Waals surface area contributed by atoms with Crippen molar-refractivity contribution in [3.63, 3.8) is 0 Å². The Labute approximate surface area is 183 Å². The number of nitrogens with one attached hydrogen (secondary N) is 3. The summed E-state index contributed by atoms with van der Waals surface area (Å²) in [4.78, 5) is 31.6. The van der Waals surface area contributed by atoms with Gasteiger partial charge in [0.25, 0.3) is 0 Å². The van der Waals surface area contributed by atoms with Gasteiger partial charge in [-0.25, -0.2) is 14.2 Å². The van der Waals surface area contributed by atoms with Crippen molar-refractivity contribution in [2.24, 2.45) is 0 Å². The van der Waals surface area contributed by atoms with E-state index in [1.54, 1.807) is 6.20 Å². The van der Waals surface area contributed by atoms with E-state index in [1.165, 1.54) is 54.1 Å². The Balaban J connectivity index is 1.26. The molecule has 1 aliphatic rings. The largest absolute Gasteiger partial charge is 0.372 e. The number of rotatable bonds is 6. The molecule has 0 saturated carbocycles. The van der Waals surface area contributed by atoms with E-state index in [9.17, 15) is 14.0 Å². The molecule has 9 heteroatoms. The standard InChI is InChI=1S/C22H22FN5O2S/c23-15-3-5-17(6-4-15)26-21(30)27-22-24-14-19(31-22)13-20(29)25-16-7-9-18(10-8-16)28-11-1-2-12-28/h3-10,14H,1-2,11-13H2,(H,25,29)(H2,24,26,27,30). The monoisotopic (exact) mass is 439 g/mol. The first kappa shape index (κ1) is 20.8. The molecular weight excluding hydrogens is 417 g/mol. The number of thiazole rings is 1. The lowest BCUT2D eigenvalue weighted by Crippen LogP contribution is -2.19. The third kappa shape index (κ3) is 5.79. The fourth-order valence-electron chi connectivity index (χ4n) is 3.33. The lowest BCUT2D eigenvalue weighted by Gasteiger charge is -2.17. The summed E-state index contributed by atoms with van der Waals surface area (Å²) < 4.78 is 12.9.